The second-order valence-electron chi connectivity index (χ2n) is 7.18. The summed E-state index contributed by atoms with van der Waals surface area (Å²) in [4.78, 5) is 23.7. The van der Waals surface area contributed by atoms with Crippen molar-refractivity contribution in [3.8, 4) is 0 Å². The van der Waals surface area contributed by atoms with Crippen molar-refractivity contribution < 1.29 is 4.79 Å². The number of hydrogen-bond acceptors (Lipinski definition) is 4. The third-order valence-electron chi connectivity index (χ3n) is 5.52. The van der Waals surface area contributed by atoms with Crippen molar-refractivity contribution in [3.05, 3.63) is 54.2 Å². The minimum atomic E-state index is 0.266. The summed E-state index contributed by atoms with van der Waals surface area (Å²) in [5.41, 5.74) is 2.70. The molecule has 1 aromatic heterocycles. The zero-order valence-corrected chi connectivity index (χ0v) is 15.3. The number of carbonyl (C=O) groups excluding carboxylic acids is 1. The molecule has 0 aliphatic carbocycles. The van der Waals surface area contributed by atoms with Gasteiger partial charge in [0.2, 0.25) is 5.91 Å². The number of anilines is 2. The van der Waals surface area contributed by atoms with Crippen LogP contribution in [0, 0.1) is 0 Å². The van der Waals surface area contributed by atoms with Crippen LogP contribution >= 0.6 is 0 Å². The number of para-hydroxylation sites is 1. The molecule has 4 rings (SSSR count). The number of carbonyl (C=O) groups is 1. The van der Waals surface area contributed by atoms with E-state index in [0.29, 0.717) is 12.5 Å². The van der Waals surface area contributed by atoms with Crippen molar-refractivity contribution in [2.24, 2.45) is 0 Å². The number of piperazine rings is 1. The fraction of sp³-hybridized carbons (Fsp3) is 0.429. The Morgan fingerprint density at radius 2 is 1.85 bits per heavy atom. The van der Waals surface area contributed by atoms with Crippen LogP contribution in [-0.4, -0.2) is 54.6 Å². The molecule has 1 aromatic carbocycles. The Kier molecular flexibility index (Phi) is 4.78. The van der Waals surface area contributed by atoms with Crippen LogP contribution in [0.15, 0.2) is 48.7 Å². The van der Waals surface area contributed by atoms with Crippen LogP contribution in [0.3, 0.4) is 0 Å². The molecule has 0 unspecified atom stereocenters. The van der Waals surface area contributed by atoms with Crippen LogP contribution in [-0.2, 0) is 11.2 Å². The van der Waals surface area contributed by atoms with Gasteiger partial charge in [-0.1, -0.05) is 24.3 Å². The Morgan fingerprint density at radius 3 is 2.62 bits per heavy atom. The predicted octanol–water partition coefficient (Wildman–Crippen LogP) is 2.57. The molecule has 0 saturated carbocycles. The molecule has 1 fully saturated rings. The molecule has 1 saturated heterocycles. The first-order chi connectivity index (χ1) is 12.7. The van der Waals surface area contributed by atoms with Gasteiger partial charge in [-0.05, 0) is 37.1 Å². The summed E-state index contributed by atoms with van der Waals surface area (Å²) in [5.74, 6) is 1.27. The quantitative estimate of drug-likeness (QED) is 0.850. The highest BCUT2D eigenvalue weighted by atomic mass is 16.2. The zero-order valence-electron chi connectivity index (χ0n) is 15.3. The Balaban J connectivity index is 1.30. The highest BCUT2D eigenvalue weighted by Gasteiger charge is 2.27. The minimum Gasteiger partial charge on any atom is -0.368 e. The van der Waals surface area contributed by atoms with Gasteiger partial charge >= 0.3 is 0 Å². The van der Waals surface area contributed by atoms with Crippen LogP contribution in [0.5, 0.6) is 0 Å². The number of amides is 1. The van der Waals surface area contributed by atoms with Gasteiger partial charge in [0.15, 0.2) is 0 Å². The lowest BCUT2D eigenvalue weighted by Gasteiger charge is -2.36. The molecule has 2 aromatic rings. The Bertz CT molecular complexity index is 756. The number of benzene rings is 1. The van der Waals surface area contributed by atoms with Gasteiger partial charge < -0.3 is 14.7 Å². The molecule has 1 amide bonds. The van der Waals surface area contributed by atoms with E-state index in [2.05, 4.69) is 46.0 Å². The molecule has 0 radical (unpaired) electrons. The Labute approximate surface area is 155 Å². The van der Waals surface area contributed by atoms with Crippen molar-refractivity contribution in [1.29, 1.82) is 0 Å². The maximum atomic E-state index is 12.7. The van der Waals surface area contributed by atoms with Gasteiger partial charge in [0.05, 0.1) is 0 Å². The van der Waals surface area contributed by atoms with Crippen molar-refractivity contribution in [1.82, 2.24) is 9.88 Å². The van der Waals surface area contributed by atoms with E-state index in [9.17, 15) is 4.79 Å². The zero-order chi connectivity index (χ0) is 17.9. The minimum absolute atomic E-state index is 0.266. The second-order valence-corrected chi connectivity index (χ2v) is 7.18. The monoisotopic (exact) mass is 350 g/mol. The largest absolute Gasteiger partial charge is 0.368 e. The molecule has 3 heterocycles. The van der Waals surface area contributed by atoms with Crippen LogP contribution < -0.4 is 9.80 Å². The first-order valence-electron chi connectivity index (χ1n) is 9.50. The van der Waals surface area contributed by atoms with Crippen LogP contribution in [0.25, 0.3) is 0 Å². The van der Waals surface area contributed by atoms with E-state index in [1.54, 1.807) is 0 Å². The predicted molar refractivity (Wildman–Crippen MR) is 105 cm³/mol. The van der Waals surface area contributed by atoms with Crippen molar-refractivity contribution in [2.45, 2.75) is 25.8 Å². The summed E-state index contributed by atoms with van der Waals surface area (Å²) < 4.78 is 0. The lowest BCUT2D eigenvalue weighted by atomic mass is 10.1. The van der Waals surface area contributed by atoms with E-state index in [1.165, 1.54) is 11.3 Å². The second kappa shape index (κ2) is 7.36. The molecular weight excluding hydrogens is 324 g/mol. The van der Waals surface area contributed by atoms with Gasteiger partial charge in [-0.25, -0.2) is 4.98 Å². The van der Waals surface area contributed by atoms with E-state index < -0.39 is 0 Å². The highest BCUT2D eigenvalue weighted by Crippen LogP contribution is 2.31. The van der Waals surface area contributed by atoms with Gasteiger partial charge in [0.25, 0.3) is 0 Å². The van der Waals surface area contributed by atoms with Gasteiger partial charge in [-0.3, -0.25) is 4.79 Å². The molecular formula is C21H26N4O. The summed E-state index contributed by atoms with van der Waals surface area (Å²) in [7, 11) is 0. The molecule has 0 bridgehead atoms. The number of pyridine rings is 1. The van der Waals surface area contributed by atoms with Gasteiger partial charge in [0, 0.05) is 57.1 Å². The fourth-order valence-corrected chi connectivity index (χ4v) is 4.07. The average molecular weight is 350 g/mol. The molecule has 26 heavy (non-hydrogen) atoms. The van der Waals surface area contributed by atoms with Crippen molar-refractivity contribution in [2.75, 3.05) is 42.5 Å². The van der Waals surface area contributed by atoms with Crippen LogP contribution in [0.4, 0.5) is 11.5 Å². The molecule has 2 aliphatic heterocycles. The number of hydrogen-bond donors (Lipinski definition) is 0. The topological polar surface area (TPSA) is 39.7 Å². The van der Waals surface area contributed by atoms with Crippen LogP contribution in [0.1, 0.15) is 18.9 Å². The first kappa shape index (κ1) is 16.9. The summed E-state index contributed by atoms with van der Waals surface area (Å²) in [5, 5.41) is 0. The van der Waals surface area contributed by atoms with Crippen molar-refractivity contribution >= 4 is 17.4 Å². The van der Waals surface area contributed by atoms with Gasteiger partial charge in [-0.2, -0.15) is 0 Å². The third kappa shape index (κ3) is 3.39. The van der Waals surface area contributed by atoms with Crippen LogP contribution in [0.2, 0.25) is 0 Å². The van der Waals surface area contributed by atoms with Gasteiger partial charge in [0.1, 0.15) is 5.82 Å². The summed E-state index contributed by atoms with van der Waals surface area (Å²) >= 11 is 0. The van der Waals surface area contributed by atoms with E-state index in [0.717, 1.165) is 45.0 Å². The Hall–Kier alpha value is -2.56. The number of aromatic nitrogens is 1. The van der Waals surface area contributed by atoms with Crippen molar-refractivity contribution in [3.63, 3.8) is 0 Å². The number of nitrogens with zero attached hydrogens (tertiary/aromatic N) is 4. The normalized spacial score (nSPS) is 19.6. The van der Waals surface area contributed by atoms with E-state index in [4.69, 9.17) is 0 Å². The highest BCUT2D eigenvalue weighted by molar-refractivity contribution is 5.77. The van der Waals surface area contributed by atoms with E-state index in [-0.39, 0.29) is 5.91 Å². The lowest BCUT2D eigenvalue weighted by molar-refractivity contribution is -0.131. The van der Waals surface area contributed by atoms with E-state index in [1.807, 2.05) is 29.3 Å². The molecule has 2 aliphatic rings. The molecule has 1 atom stereocenters. The smallest absolute Gasteiger partial charge is 0.224 e. The molecule has 136 valence electrons. The maximum Gasteiger partial charge on any atom is 0.224 e. The SMILES string of the molecule is C[C@H]1Cc2ccccc2N1CCC(=O)N1CCN(c2ccccn2)CC1. The Morgan fingerprint density at radius 1 is 1.08 bits per heavy atom. The number of fused-ring (bicyclic) bond motifs is 1. The summed E-state index contributed by atoms with van der Waals surface area (Å²) in [6.07, 6.45) is 3.48. The lowest BCUT2D eigenvalue weighted by Crippen LogP contribution is -2.49. The molecule has 5 nitrogen and oxygen atoms in total. The molecule has 5 heteroatoms. The molecule has 0 N–H and O–H groups in total. The third-order valence-corrected chi connectivity index (χ3v) is 5.52. The fourth-order valence-electron chi connectivity index (χ4n) is 4.07. The maximum absolute atomic E-state index is 12.7. The number of rotatable bonds is 4. The average Bonchev–Trinajstić information content (AvgIpc) is 3.02. The summed E-state index contributed by atoms with van der Waals surface area (Å²) in [6, 6.07) is 15.0. The van der Waals surface area contributed by atoms with E-state index >= 15 is 0 Å². The molecule has 0 spiro atoms. The first-order valence-corrected chi connectivity index (χ1v) is 9.50. The van der Waals surface area contributed by atoms with Gasteiger partial charge in [-0.15, -0.1) is 0 Å². The standard InChI is InChI=1S/C21H26N4O/c1-17-16-18-6-2-3-7-19(18)25(17)11-9-21(26)24-14-12-23(13-15-24)20-8-4-5-10-22-20/h2-8,10,17H,9,11-16H2,1H3/t17-/m0/s1. The summed E-state index contributed by atoms with van der Waals surface area (Å²) in [6.45, 7) is 6.31.